The lowest BCUT2D eigenvalue weighted by Gasteiger charge is -2.39. The largest absolute Gasteiger partial charge is 0.318 e. The lowest BCUT2D eigenvalue weighted by molar-refractivity contribution is 0.0763. The number of likely N-dealkylation sites (tertiary alicyclic amines) is 1. The molecule has 0 amide bonds. The summed E-state index contributed by atoms with van der Waals surface area (Å²) in [6.07, 6.45) is 5.00. The Morgan fingerprint density at radius 2 is 2.00 bits per heavy atom. The van der Waals surface area contributed by atoms with Crippen LogP contribution in [-0.2, 0) is 33.0 Å². The summed E-state index contributed by atoms with van der Waals surface area (Å²) in [5, 5.41) is 4.55. The third kappa shape index (κ3) is 2.94. The second-order valence-electron chi connectivity index (χ2n) is 7.04. The average molecular weight is 326 g/mol. The minimum Gasteiger partial charge on any atom is -0.318 e. The first kappa shape index (κ1) is 15.3. The molecule has 126 valence electrons. The van der Waals surface area contributed by atoms with E-state index in [1.807, 2.05) is 12.3 Å². The molecule has 1 saturated heterocycles. The Balaban J connectivity index is 1.36. The highest BCUT2D eigenvalue weighted by Crippen LogP contribution is 2.21. The van der Waals surface area contributed by atoms with Crippen molar-refractivity contribution in [1.29, 1.82) is 0 Å². The third-order valence-electron chi connectivity index (χ3n) is 5.04. The molecule has 2 aromatic heterocycles. The zero-order valence-electron chi connectivity index (χ0n) is 13.9. The highest BCUT2D eigenvalue weighted by Gasteiger charge is 2.28. The van der Waals surface area contributed by atoms with Gasteiger partial charge in [0.2, 0.25) is 5.56 Å². The quantitative estimate of drug-likeness (QED) is 0.824. The molecule has 6 heteroatoms. The van der Waals surface area contributed by atoms with Crippen LogP contribution in [0.4, 0.5) is 0 Å². The van der Waals surface area contributed by atoms with Gasteiger partial charge in [-0.2, -0.15) is 5.10 Å². The first-order chi connectivity index (χ1) is 11.6. The predicted molar refractivity (Wildman–Crippen MR) is 91.0 cm³/mol. The Bertz CT molecular complexity index is 877. The van der Waals surface area contributed by atoms with Gasteiger partial charge in [-0.3, -0.25) is 14.5 Å². The Morgan fingerprint density at radius 1 is 1.17 bits per heavy atom. The van der Waals surface area contributed by atoms with Crippen LogP contribution in [0.15, 0.2) is 34.0 Å². The summed E-state index contributed by atoms with van der Waals surface area (Å²) >= 11 is 0. The van der Waals surface area contributed by atoms with Gasteiger partial charge in [0.15, 0.2) is 0 Å². The SMILES string of the molecule is Cn1cc(CN2CC(Cn3nc4c(cc3=O)CCC4)C2)ccc1=O. The van der Waals surface area contributed by atoms with Crippen LogP contribution in [-0.4, -0.2) is 32.3 Å². The van der Waals surface area contributed by atoms with Crippen LogP contribution in [0.2, 0.25) is 0 Å². The first-order valence-corrected chi connectivity index (χ1v) is 8.56. The van der Waals surface area contributed by atoms with Crippen LogP contribution < -0.4 is 11.1 Å². The number of aromatic nitrogens is 3. The van der Waals surface area contributed by atoms with Crippen LogP contribution in [0.5, 0.6) is 0 Å². The molecule has 1 fully saturated rings. The van der Waals surface area contributed by atoms with E-state index < -0.39 is 0 Å². The monoisotopic (exact) mass is 326 g/mol. The fourth-order valence-corrected chi connectivity index (χ4v) is 3.74. The van der Waals surface area contributed by atoms with Crippen LogP contribution in [0.1, 0.15) is 23.2 Å². The summed E-state index contributed by atoms with van der Waals surface area (Å²) in [4.78, 5) is 25.9. The van der Waals surface area contributed by atoms with Crippen molar-refractivity contribution >= 4 is 0 Å². The Hall–Kier alpha value is -2.21. The van der Waals surface area contributed by atoms with E-state index in [0.29, 0.717) is 12.5 Å². The van der Waals surface area contributed by atoms with Gasteiger partial charge < -0.3 is 4.57 Å². The number of pyridine rings is 1. The van der Waals surface area contributed by atoms with Crippen molar-refractivity contribution < 1.29 is 0 Å². The standard InChI is InChI=1S/C18H22N4O2/c1-20-8-13(5-6-17(20)23)9-21-10-14(11-21)12-22-18(24)7-15-3-2-4-16(15)19-22/h5-8,14H,2-4,9-12H2,1H3. The highest BCUT2D eigenvalue weighted by atomic mass is 16.1. The minimum absolute atomic E-state index is 0.0160. The van der Waals surface area contributed by atoms with Crippen molar-refractivity contribution in [2.24, 2.45) is 13.0 Å². The van der Waals surface area contributed by atoms with E-state index >= 15 is 0 Å². The molecule has 0 atom stereocenters. The number of aryl methyl sites for hydroxylation is 3. The van der Waals surface area contributed by atoms with E-state index in [9.17, 15) is 9.59 Å². The molecule has 0 aromatic carbocycles. The van der Waals surface area contributed by atoms with Crippen molar-refractivity contribution in [1.82, 2.24) is 19.2 Å². The molecule has 1 aliphatic carbocycles. The maximum Gasteiger partial charge on any atom is 0.267 e. The maximum atomic E-state index is 12.2. The molecule has 24 heavy (non-hydrogen) atoms. The molecule has 2 aliphatic rings. The summed E-state index contributed by atoms with van der Waals surface area (Å²) in [7, 11) is 1.77. The number of rotatable bonds is 4. The summed E-state index contributed by atoms with van der Waals surface area (Å²) in [6.45, 7) is 3.48. The Morgan fingerprint density at radius 3 is 2.79 bits per heavy atom. The van der Waals surface area contributed by atoms with Crippen LogP contribution in [0.25, 0.3) is 0 Å². The van der Waals surface area contributed by atoms with Gasteiger partial charge in [-0.15, -0.1) is 0 Å². The van der Waals surface area contributed by atoms with Crippen molar-refractivity contribution in [3.63, 3.8) is 0 Å². The fourth-order valence-electron chi connectivity index (χ4n) is 3.74. The second kappa shape index (κ2) is 6.02. The van der Waals surface area contributed by atoms with Crippen molar-refractivity contribution in [3.8, 4) is 0 Å². The van der Waals surface area contributed by atoms with Crippen LogP contribution in [0, 0.1) is 5.92 Å². The van der Waals surface area contributed by atoms with E-state index in [2.05, 4.69) is 10.00 Å². The fraction of sp³-hybridized carbons (Fsp3) is 0.500. The molecule has 0 spiro atoms. The van der Waals surface area contributed by atoms with Gasteiger partial charge >= 0.3 is 0 Å². The predicted octanol–water partition coefficient (Wildman–Crippen LogP) is 0.563. The molecular formula is C18H22N4O2. The number of hydrogen-bond donors (Lipinski definition) is 0. The summed E-state index contributed by atoms with van der Waals surface area (Å²) in [5.41, 5.74) is 3.44. The summed E-state index contributed by atoms with van der Waals surface area (Å²) < 4.78 is 3.26. The molecule has 6 nitrogen and oxygen atoms in total. The lowest BCUT2D eigenvalue weighted by atomic mass is 9.99. The molecule has 1 aliphatic heterocycles. The van der Waals surface area contributed by atoms with Crippen molar-refractivity contribution in [2.45, 2.75) is 32.4 Å². The normalized spacial score (nSPS) is 17.7. The minimum atomic E-state index is 0.0160. The van der Waals surface area contributed by atoms with Crippen LogP contribution >= 0.6 is 0 Å². The summed E-state index contributed by atoms with van der Waals surface area (Å²) in [5.74, 6) is 0.474. The van der Waals surface area contributed by atoms with Gasteiger partial charge in [-0.05, 0) is 30.4 Å². The Kier molecular flexibility index (Phi) is 3.84. The van der Waals surface area contributed by atoms with Crippen molar-refractivity contribution in [3.05, 3.63) is 61.9 Å². The zero-order chi connectivity index (χ0) is 16.7. The van der Waals surface area contributed by atoms with Gasteiger partial charge in [-0.1, -0.05) is 6.07 Å². The second-order valence-corrected chi connectivity index (χ2v) is 7.04. The Labute approximate surface area is 140 Å². The van der Waals surface area contributed by atoms with Gasteiger partial charge in [-0.25, -0.2) is 4.68 Å². The van der Waals surface area contributed by atoms with Gasteiger partial charge in [0.25, 0.3) is 5.56 Å². The molecule has 0 radical (unpaired) electrons. The molecule has 0 N–H and O–H groups in total. The van der Waals surface area contributed by atoms with Crippen LogP contribution in [0.3, 0.4) is 0 Å². The number of fused-ring (bicyclic) bond motifs is 1. The van der Waals surface area contributed by atoms with E-state index in [0.717, 1.165) is 55.7 Å². The smallest absolute Gasteiger partial charge is 0.267 e. The molecule has 3 heterocycles. The third-order valence-corrected chi connectivity index (χ3v) is 5.04. The van der Waals surface area contributed by atoms with Gasteiger partial charge in [0, 0.05) is 50.9 Å². The first-order valence-electron chi connectivity index (χ1n) is 8.56. The van der Waals surface area contributed by atoms with E-state index in [-0.39, 0.29) is 11.1 Å². The van der Waals surface area contributed by atoms with Crippen molar-refractivity contribution in [2.75, 3.05) is 13.1 Å². The molecule has 0 unspecified atom stereocenters. The zero-order valence-corrected chi connectivity index (χ0v) is 13.9. The van der Waals surface area contributed by atoms with E-state index in [4.69, 9.17) is 0 Å². The average Bonchev–Trinajstić information content (AvgIpc) is 2.96. The number of hydrogen-bond acceptors (Lipinski definition) is 4. The van der Waals surface area contributed by atoms with Gasteiger partial charge in [0.1, 0.15) is 0 Å². The maximum absolute atomic E-state index is 12.2. The lowest BCUT2D eigenvalue weighted by Crippen LogP contribution is -2.49. The molecule has 2 aromatic rings. The van der Waals surface area contributed by atoms with Gasteiger partial charge in [0.05, 0.1) is 12.2 Å². The highest BCUT2D eigenvalue weighted by molar-refractivity contribution is 5.22. The molecule has 0 saturated carbocycles. The van der Waals surface area contributed by atoms with E-state index in [1.54, 1.807) is 28.4 Å². The van der Waals surface area contributed by atoms with E-state index in [1.165, 1.54) is 0 Å². The molecular weight excluding hydrogens is 304 g/mol. The summed E-state index contributed by atoms with van der Waals surface area (Å²) in [6, 6.07) is 5.28. The molecule has 0 bridgehead atoms. The molecule has 4 rings (SSSR count). The topological polar surface area (TPSA) is 60.1 Å². The number of nitrogens with zero attached hydrogens (tertiary/aromatic N) is 4.